The van der Waals surface area contributed by atoms with Crippen LogP contribution in [0.3, 0.4) is 0 Å². The van der Waals surface area contributed by atoms with Gasteiger partial charge in [-0.1, -0.05) is 13.8 Å². The Morgan fingerprint density at radius 2 is 1.67 bits per heavy atom. The van der Waals surface area contributed by atoms with E-state index in [0.29, 0.717) is 6.42 Å². The van der Waals surface area contributed by atoms with E-state index in [4.69, 9.17) is 18.9 Å². The molecule has 0 spiro atoms. The predicted molar refractivity (Wildman–Crippen MR) is 86.4 cm³/mol. The van der Waals surface area contributed by atoms with E-state index in [1.54, 1.807) is 0 Å². The number of carboxylic acid groups (broad SMARTS) is 1. The number of carboxylic acids is 1. The Morgan fingerprint density at radius 3 is 2.22 bits per heavy atom. The van der Waals surface area contributed by atoms with Gasteiger partial charge in [0.05, 0.1) is 12.7 Å². The Balaban J connectivity index is 2.16. The number of carbonyl (C=O) groups is 1. The fraction of sp³-hybridized carbons (Fsp3) is 0.938. The van der Waals surface area contributed by atoms with E-state index in [1.165, 1.54) is 6.92 Å². The quantitative estimate of drug-likeness (QED) is 0.266. The molecule has 0 aromatic rings. The summed E-state index contributed by atoms with van der Waals surface area (Å²) in [5, 5.41) is 59.2. The fourth-order valence-electron chi connectivity index (χ4n) is 3.09. The van der Waals surface area contributed by atoms with Crippen LogP contribution in [-0.2, 0) is 23.7 Å². The van der Waals surface area contributed by atoms with Crippen molar-refractivity contribution in [2.75, 3.05) is 13.2 Å². The van der Waals surface area contributed by atoms with Gasteiger partial charge in [-0.2, -0.15) is 0 Å². The van der Waals surface area contributed by atoms with Crippen LogP contribution in [0.2, 0.25) is 0 Å². The van der Waals surface area contributed by atoms with Gasteiger partial charge in [-0.3, -0.25) is 0 Å². The van der Waals surface area contributed by atoms with Crippen molar-refractivity contribution < 1.29 is 54.4 Å². The monoisotopic (exact) mass is 396 g/mol. The lowest BCUT2D eigenvalue weighted by atomic mass is 9.92. The van der Waals surface area contributed by atoms with Gasteiger partial charge in [0.1, 0.15) is 30.5 Å². The largest absolute Gasteiger partial charge is 0.479 e. The lowest BCUT2D eigenvalue weighted by Crippen LogP contribution is -2.64. The molecule has 6 N–H and O–H groups in total. The summed E-state index contributed by atoms with van der Waals surface area (Å²) in [5.74, 6) is -2.26. The van der Waals surface area contributed by atoms with E-state index in [1.807, 2.05) is 6.92 Å². The molecule has 11 heteroatoms. The molecule has 2 aliphatic heterocycles. The summed E-state index contributed by atoms with van der Waals surface area (Å²) in [7, 11) is 0. The van der Waals surface area contributed by atoms with Crippen molar-refractivity contribution in [3.8, 4) is 0 Å². The minimum atomic E-state index is -1.67. The van der Waals surface area contributed by atoms with Crippen molar-refractivity contribution in [1.82, 2.24) is 0 Å². The second-order valence-corrected chi connectivity index (χ2v) is 6.78. The molecule has 0 aliphatic carbocycles. The second kappa shape index (κ2) is 9.54. The van der Waals surface area contributed by atoms with Gasteiger partial charge < -0.3 is 49.6 Å². The van der Waals surface area contributed by atoms with Crippen molar-refractivity contribution in [3.05, 3.63) is 0 Å². The highest BCUT2D eigenvalue weighted by Crippen LogP contribution is 2.32. The van der Waals surface area contributed by atoms with E-state index >= 15 is 0 Å². The van der Waals surface area contributed by atoms with Crippen molar-refractivity contribution in [2.45, 2.75) is 75.6 Å². The van der Waals surface area contributed by atoms with Gasteiger partial charge in [0.15, 0.2) is 18.7 Å². The van der Waals surface area contributed by atoms with Crippen LogP contribution in [0.4, 0.5) is 0 Å². The van der Waals surface area contributed by atoms with Crippen LogP contribution in [0.15, 0.2) is 0 Å². The Kier molecular flexibility index (Phi) is 7.92. The van der Waals surface area contributed by atoms with Gasteiger partial charge in [-0.25, -0.2) is 4.79 Å². The molecule has 2 fully saturated rings. The standard InChI is InChI=1S/C16H28O11/c1-3-4-24-16-11(21)10(20)12(13(27-16)14(22)23)26-15-6(2)8(18)9(19)7(5-17)25-15/h6-13,15-21H,3-5H2,1-2H3,(H,22,23)/t6?,7?,8-,9-,10?,11+,12+,13?,15-,16-/m1/s1. The first kappa shape index (κ1) is 22.4. The molecular formula is C16H28O11. The van der Waals surface area contributed by atoms with E-state index in [2.05, 4.69) is 0 Å². The summed E-state index contributed by atoms with van der Waals surface area (Å²) < 4.78 is 21.4. The number of rotatable bonds is 7. The lowest BCUT2D eigenvalue weighted by Gasteiger charge is -2.45. The Labute approximate surface area is 156 Å². The minimum Gasteiger partial charge on any atom is -0.479 e. The van der Waals surface area contributed by atoms with Crippen LogP contribution in [-0.4, -0.2) is 105 Å². The van der Waals surface area contributed by atoms with Crippen LogP contribution >= 0.6 is 0 Å². The zero-order valence-corrected chi connectivity index (χ0v) is 15.1. The van der Waals surface area contributed by atoms with Crippen LogP contribution in [0, 0.1) is 5.92 Å². The minimum absolute atomic E-state index is 0.192. The molecule has 0 aromatic heterocycles. The molecule has 0 aromatic carbocycles. The maximum absolute atomic E-state index is 11.6. The molecule has 27 heavy (non-hydrogen) atoms. The Hall–Kier alpha value is -0.890. The third-order valence-corrected chi connectivity index (χ3v) is 4.75. The molecule has 0 bridgehead atoms. The molecule has 0 radical (unpaired) electrons. The Morgan fingerprint density at radius 1 is 1.00 bits per heavy atom. The number of ether oxygens (including phenoxy) is 4. The maximum Gasteiger partial charge on any atom is 0.335 e. The maximum atomic E-state index is 11.6. The van der Waals surface area contributed by atoms with Crippen molar-refractivity contribution >= 4 is 5.97 Å². The fourth-order valence-corrected chi connectivity index (χ4v) is 3.09. The summed E-state index contributed by atoms with van der Waals surface area (Å²) in [6, 6.07) is 0. The van der Waals surface area contributed by atoms with Gasteiger partial charge in [-0.05, 0) is 6.42 Å². The third-order valence-electron chi connectivity index (χ3n) is 4.75. The molecule has 0 amide bonds. The van der Waals surface area contributed by atoms with Gasteiger partial charge in [0.25, 0.3) is 0 Å². The van der Waals surface area contributed by atoms with Crippen molar-refractivity contribution in [2.24, 2.45) is 5.92 Å². The first-order chi connectivity index (χ1) is 12.7. The highest BCUT2D eigenvalue weighted by atomic mass is 16.7. The van der Waals surface area contributed by atoms with Crippen LogP contribution in [0.5, 0.6) is 0 Å². The van der Waals surface area contributed by atoms with Crippen molar-refractivity contribution in [1.29, 1.82) is 0 Å². The number of aliphatic carboxylic acids is 1. The molecule has 0 saturated carbocycles. The molecule has 4 unspecified atom stereocenters. The molecular weight excluding hydrogens is 368 g/mol. The molecule has 158 valence electrons. The average molecular weight is 396 g/mol. The second-order valence-electron chi connectivity index (χ2n) is 6.78. The summed E-state index contributed by atoms with van der Waals surface area (Å²) in [6.07, 6.45) is -12.3. The zero-order chi connectivity index (χ0) is 20.3. The van der Waals surface area contributed by atoms with E-state index in [-0.39, 0.29) is 6.61 Å². The van der Waals surface area contributed by atoms with Gasteiger partial charge in [0.2, 0.25) is 0 Å². The predicted octanol–water partition coefficient (Wildman–Crippen LogP) is -2.60. The van der Waals surface area contributed by atoms with Crippen LogP contribution in [0.25, 0.3) is 0 Å². The normalized spacial score (nSPS) is 45.6. The number of aliphatic hydroxyl groups is 5. The summed E-state index contributed by atoms with van der Waals surface area (Å²) in [6.45, 7) is 2.89. The topological polar surface area (TPSA) is 175 Å². The first-order valence-electron chi connectivity index (χ1n) is 8.86. The third kappa shape index (κ3) is 4.75. The highest BCUT2D eigenvalue weighted by Gasteiger charge is 2.52. The zero-order valence-electron chi connectivity index (χ0n) is 15.1. The molecule has 11 nitrogen and oxygen atoms in total. The summed E-state index contributed by atoms with van der Waals surface area (Å²) in [5.41, 5.74) is 0. The Bertz CT molecular complexity index is 487. The molecule has 2 saturated heterocycles. The first-order valence-corrected chi connectivity index (χ1v) is 8.86. The van der Waals surface area contributed by atoms with E-state index in [9.17, 15) is 35.4 Å². The van der Waals surface area contributed by atoms with Gasteiger partial charge in [-0.15, -0.1) is 0 Å². The van der Waals surface area contributed by atoms with Crippen LogP contribution in [0.1, 0.15) is 20.3 Å². The number of aliphatic hydroxyl groups excluding tert-OH is 5. The van der Waals surface area contributed by atoms with Gasteiger partial charge in [0, 0.05) is 12.5 Å². The smallest absolute Gasteiger partial charge is 0.335 e. The number of hydrogen-bond donors (Lipinski definition) is 6. The van der Waals surface area contributed by atoms with E-state index in [0.717, 1.165) is 0 Å². The summed E-state index contributed by atoms with van der Waals surface area (Å²) >= 11 is 0. The average Bonchev–Trinajstić information content (AvgIpc) is 2.64. The van der Waals surface area contributed by atoms with E-state index < -0.39 is 73.8 Å². The number of hydrogen-bond acceptors (Lipinski definition) is 10. The lowest BCUT2D eigenvalue weighted by molar-refractivity contribution is -0.346. The van der Waals surface area contributed by atoms with Gasteiger partial charge >= 0.3 is 5.97 Å². The molecule has 2 rings (SSSR count). The summed E-state index contributed by atoms with van der Waals surface area (Å²) in [4.78, 5) is 11.6. The molecule has 2 aliphatic rings. The molecule has 2 heterocycles. The molecule has 10 atom stereocenters. The van der Waals surface area contributed by atoms with Crippen LogP contribution < -0.4 is 0 Å². The highest BCUT2D eigenvalue weighted by molar-refractivity contribution is 5.73. The van der Waals surface area contributed by atoms with Crippen molar-refractivity contribution in [3.63, 3.8) is 0 Å². The SMILES string of the molecule is CCCO[C@@H]1OC(C(=O)O)[C@@H](O[C@H]2OC(CO)[C@@H](O)[C@H](O)C2C)C(O)[C@@H]1O.